The Morgan fingerprint density at radius 3 is 3.00 bits per heavy atom. The van der Waals surface area contributed by atoms with Gasteiger partial charge in [0, 0.05) is 31.2 Å². The van der Waals surface area contributed by atoms with Crippen LogP contribution in [0.4, 0.5) is 5.69 Å². The zero-order chi connectivity index (χ0) is 10.1. The van der Waals surface area contributed by atoms with Gasteiger partial charge in [-0.1, -0.05) is 6.07 Å². The number of fused-ring (bicyclic) bond motifs is 1. The van der Waals surface area contributed by atoms with E-state index in [1.54, 1.807) is 11.3 Å². The molecule has 0 aliphatic heterocycles. The molecule has 0 spiro atoms. The first-order valence-corrected chi connectivity index (χ1v) is 5.72. The van der Waals surface area contributed by atoms with E-state index in [0.717, 1.165) is 20.1 Å². The summed E-state index contributed by atoms with van der Waals surface area (Å²) in [5.74, 6) is 0. The van der Waals surface area contributed by atoms with Crippen LogP contribution in [0, 0.1) is 11.3 Å². The van der Waals surface area contributed by atoms with Gasteiger partial charge in [-0.2, -0.15) is 5.26 Å². The predicted molar refractivity (Wildman–Crippen MR) is 63.3 cm³/mol. The lowest BCUT2D eigenvalue weighted by atomic mass is 10.1. The number of nitriles is 1. The van der Waals surface area contributed by atoms with Crippen molar-refractivity contribution in [2.75, 3.05) is 5.73 Å². The fourth-order valence-corrected chi connectivity index (χ4v) is 3.13. The van der Waals surface area contributed by atoms with Crippen molar-refractivity contribution in [1.29, 1.82) is 5.26 Å². The van der Waals surface area contributed by atoms with Gasteiger partial charge in [0.05, 0.1) is 12.5 Å². The Kier molecular flexibility index (Phi) is 2.44. The number of rotatable bonds is 1. The van der Waals surface area contributed by atoms with Crippen molar-refractivity contribution in [3.8, 4) is 6.07 Å². The van der Waals surface area contributed by atoms with E-state index < -0.39 is 0 Å². The summed E-state index contributed by atoms with van der Waals surface area (Å²) < 4.78 is 2.18. The van der Waals surface area contributed by atoms with Crippen molar-refractivity contribution >= 4 is 43.0 Å². The van der Waals surface area contributed by atoms with E-state index >= 15 is 0 Å². The number of nitrogen functional groups attached to an aromatic ring is 1. The highest BCUT2D eigenvalue weighted by Crippen LogP contribution is 2.35. The number of hydrogen-bond acceptors (Lipinski definition) is 3. The monoisotopic (exact) mass is 266 g/mol. The minimum absolute atomic E-state index is 0.371. The second-order valence-electron chi connectivity index (χ2n) is 2.93. The van der Waals surface area contributed by atoms with E-state index in [-0.39, 0.29) is 0 Å². The summed E-state index contributed by atoms with van der Waals surface area (Å²) >= 11 is 5.08. The number of hydrogen-bond donors (Lipinski definition) is 1. The van der Waals surface area contributed by atoms with E-state index in [4.69, 9.17) is 11.0 Å². The molecule has 1 heterocycles. The van der Waals surface area contributed by atoms with Crippen LogP contribution in [0.2, 0.25) is 0 Å². The van der Waals surface area contributed by atoms with Crippen molar-refractivity contribution in [2.45, 2.75) is 6.42 Å². The molecule has 0 radical (unpaired) electrons. The van der Waals surface area contributed by atoms with Crippen LogP contribution >= 0.6 is 27.3 Å². The summed E-state index contributed by atoms with van der Waals surface area (Å²) in [6.07, 6.45) is 0.371. The Morgan fingerprint density at radius 2 is 2.29 bits per heavy atom. The fourth-order valence-electron chi connectivity index (χ4n) is 1.40. The smallest absolute Gasteiger partial charge is 0.0671 e. The number of nitrogens with two attached hydrogens (primary N) is 1. The highest BCUT2D eigenvalue weighted by Gasteiger charge is 2.08. The van der Waals surface area contributed by atoms with Crippen molar-refractivity contribution in [2.24, 2.45) is 0 Å². The highest BCUT2D eigenvalue weighted by molar-refractivity contribution is 9.10. The van der Waals surface area contributed by atoms with Crippen molar-refractivity contribution < 1.29 is 0 Å². The van der Waals surface area contributed by atoms with Crippen LogP contribution < -0.4 is 5.73 Å². The van der Waals surface area contributed by atoms with Gasteiger partial charge in [0.2, 0.25) is 0 Å². The number of nitrogens with zero attached hydrogens (tertiary/aromatic N) is 1. The van der Waals surface area contributed by atoms with Crippen LogP contribution in [0.15, 0.2) is 22.0 Å². The molecule has 0 atom stereocenters. The maximum atomic E-state index is 8.70. The SMILES string of the molecule is N#CCc1c(N)ccc2c(Br)csc12. The third-order valence-corrected chi connectivity index (χ3v) is 4.10. The lowest BCUT2D eigenvalue weighted by Crippen LogP contribution is -1.92. The van der Waals surface area contributed by atoms with Crippen LogP contribution in [-0.2, 0) is 6.42 Å². The van der Waals surface area contributed by atoms with E-state index in [2.05, 4.69) is 22.0 Å². The summed E-state index contributed by atoms with van der Waals surface area (Å²) in [5.41, 5.74) is 7.47. The highest BCUT2D eigenvalue weighted by atomic mass is 79.9. The number of benzene rings is 1. The zero-order valence-corrected chi connectivity index (χ0v) is 9.65. The van der Waals surface area contributed by atoms with E-state index in [1.807, 2.05) is 17.5 Å². The molecule has 70 valence electrons. The molecule has 2 aromatic rings. The molecule has 0 saturated carbocycles. The standard InChI is InChI=1S/C10H7BrN2S/c11-8-5-14-10-6(8)1-2-9(13)7(10)3-4-12/h1-2,5H,3,13H2. The third-order valence-electron chi connectivity index (χ3n) is 2.09. The molecule has 0 aliphatic carbocycles. The first-order valence-electron chi connectivity index (χ1n) is 4.05. The number of halogens is 1. The molecule has 2 rings (SSSR count). The minimum atomic E-state index is 0.371. The molecular weight excluding hydrogens is 260 g/mol. The second kappa shape index (κ2) is 3.60. The minimum Gasteiger partial charge on any atom is -0.398 e. The van der Waals surface area contributed by atoms with Gasteiger partial charge < -0.3 is 5.73 Å². The van der Waals surface area contributed by atoms with Crippen LogP contribution in [-0.4, -0.2) is 0 Å². The number of anilines is 1. The molecule has 2 N–H and O–H groups in total. The van der Waals surface area contributed by atoms with Gasteiger partial charge >= 0.3 is 0 Å². The van der Waals surface area contributed by atoms with Gasteiger partial charge in [-0.25, -0.2) is 0 Å². The average Bonchev–Trinajstić information content (AvgIpc) is 2.53. The van der Waals surface area contributed by atoms with E-state index in [9.17, 15) is 0 Å². The van der Waals surface area contributed by atoms with Crippen LogP contribution in [0.25, 0.3) is 10.1 Å². The number of thiophene rings is 1. The molecule has 0 bridgehead atoms. The van der Waals surface area contributed by atoms with E-state index in [1.165, 1.54) is 0 Å². The molecule has 1 aromatic heterocycles. The first kappa shape index (κ1) is 9.50. The summed E-state index contributed by atoms with van der Waals surface area (Å²) in [6.45, 7) is 0. The summed E-state index contributed by atoms with van der Waals surface area (Å²) in [6, 6.07) is 5.97. The van der Waals surface area contributed by atoms with Gasteiger partial charge in [0.1, 0.15) is 0 Å². The fraction of sp³-hybridized carbons (Fsp3) is 0.100. The largest absolute Gasteiger partial charge is 0.398 e. The Labute approximate surface area is 94.1 Å². The van der Waals surface area contributed by atoms with Crippen LogP contribution in [0.3, 0.4) is 0 Å². The first-order chi connectivity index (χ1) is 6.74. The Morgan fingerprint density at radius 1 is 1.50 bits per heavy atom. The van der Waals surface area contributed by atoms with Gasteiger partial charge in [0.25, 0.3) is 0 Å². The maximum Gasteiger partial charge on any atom is 0.0671 e. The topological polar surface area (TPSA) is 49.8 Å². The molecule has 0 amide bonds. The quantitative estimate of drug-likeness (QED) is 0.806. The molecule has 14 heavy (non-hydrogen) atoms. The van der Waals surface area contributed by atoms with Crippen molar-refractivity contribution in [3.05, 3.63) is 27.5 Å². The third kappa shape index (κ3) is 1.39. The molecule has 2 nitrogen and oxygen atoms in total. The van der Waals surface area contributed by atoms with Crippen molar-refractivity contribution in [3.63, 3.8) is 0 Å². The van der Waals surface area contributed by atoms with Crippen LogP contribution in [0.5, 0.6) is 0 Å². The molecular formula is C10H7BrN2S. The predicted octanol–water partition coefficient (Wildman–Crippen LogP) is 3.31. The average molecular weight is 267 g/mol. The van der Waals surface area contributed by atoms with Gasteiger partial charge in [-0.05, 0) is 22.0 Å². The lowest BCUT2D eigenvalue weighted by Gasteiger charge is -2.02. The summed E-state index contributed by atoms with van der Waals surface area (Å²) in [4.78, 5) is 0. The molecule has 0 saturated heterocycles. The summed E-state index contributed by atoms with van der Waals surface area (Å²) in [5, 5.41) is 11.9. The molecule has 4 heteroatoms. The molecule has 1 aromatic carbocycles. The molecule has 0 aliphatic rings. The maximum absolute atomic E-state index is 8.70. The summed E-state index contributed by atoms with van der Waals surface area (Å²) in [7, 11) is 0. The van der Waals surface area contributed by atoms with Gasteiger partial charge in [0.15, 0.2) is 0 Å². The van der Waals surface area contributed by atoms with Crippen LogP contribution in [0.1, 0.15) is 5.56 Å². The normalized spacial score (nSPS) is 10.3. The Balaban J connectivity index is 2.78. The van der Waals surface area contributed by atoms with Gasteiger partial charge in [-0.3, -0.25) is 0 Å². The second-order valence-corrected chi connectivity index (χ2v) is 4.66. The Hall–Kier alpha value is -1.05. The van der Waals surface area contributed by atoms with Crippen molar-refractivity contribution in [1.82, 2.24) is 0 Å². The zero-order valence-electron chi connectivity index (χ0n) is 7.25. The van der Waals surface area contributed by atoms with E-state index in [0.29, 0.717) is 12.1 Å². The lowest BCUT2D eigenvalue weighted by molar-refractivity contribution is 1.30. The Bertz CT molecular complexity index is 525. The van der Waals surface area contributed by atoms with Gasteiger partial charge in [-0.15, -0.1) is 11.3 Å². The molecule has 0 fully saturated rings. The molecule has 0 unspecified atom stereocenters.